The topological polar surface area (TPSA) is 60.2 Å². The molecule has 1 unspecified atom stereocenters. The van der Waals surface area contributed by atoms with Crippen molar-refractivity contribution in [3.63, 3.8) is 0 Å². The molecule has 0 aromatic carbocycles. The first-order valence-corrected chi connectivity index (χ1v) is 7.76. The third-order valence-corrected chi connectivity index (χ3v) is 5.48. The minimum absolute atomic E-state index is 0.157. The van der Waals surface area contributed by atoms with Crippen molar-refractivity contribution >= 4 is 21.2 Å². The lowest BCUT2D eigenvalue weighted by atomic mass is 9.93. The fourth-order valence-electron chi connectivity index (χ4n) is 1.97. The summed E-state index contributed by atoms with van der Waals surface area (Å²) in [5.41, 5.74) is 6.85. The van der Waals surface area contributed by atoms with Crippen molar-refractivity contribution in [1.29, 1.82) is 0 Å². The lowest BCUT2D eigenvalue weighted by Crippen LogP contribution is -2.41. The molecule has 15 heavy (non-hydrogen) atoms. The van der Waals surface area contributed by atoms with Crippen molar-refractivity contribution in [2.24, 2.45) is 5.73 Å². The van der Waals surface area contributed by atoms with E-state index < -0.39 is 15.4 Å². The number of aryl methyl sites for hydroxylation is 1. The number of rotatable bonds is 3. The van der Waals surface area contributed by atoms with Gasteiger partial charge in [-0.25, -0.2) is 8.42 Å². The standard InChI is InChI=1S/C10H15NO2S2/c11-10(4-6-15(12,13)8-10)3-1-9-2-5-14-7-9/h2,5,7H,1,3-4,6,8,11H2. The first-order valence-electron chi connectivity index (χ1n) is 5.00. The van der Waals surface area contributed by atoms with E-state index >= 15 is 0 Å². The Morgan fingerprint density at radius 3 is 2.87 bits per heavy atom. The van der Waals surface area contributed by atoms with Gasteiger partial charge >= 0.3 is 0 Å². The molecule has 0 bridgehead atoms. The van der Waals surface area contributed by atoms with Crippen LogP contribution in [0.25, 0.3) is 0 Å². The molecule has 1 fully saturated rings. The molecule has 5 heteroatoms. The van der Waals surface area contributed by atoms with Crippen LogP contribution in [-0.4, -0.2) is 25.5 Å². The zero-order valence-corrected chi connectivity index (χ0v) is 10.1. The smallest absolute Gasteiger partial charge is 0.152 e. The largest absolute Gasteiger partial charge is 0.324 e. The SMILES string of the molecule is NC1(CCc2ccsc2)CCS(=O)(=O)C1. The Hall–Kier alpha value is -0.390. The Bertz CT molecular complexity index is 424. The first kappa shape index (κ1) is 11.1. The van der Waals surface area contributed by atoms with Crippen LogP contribution in [0.15, 0.2) is 16.8 Å². The molecule has 2 N–H and O–H groups in total. The Balaban J connectivity index is 1.95. The minimum atomic E-state index is -2.87. The second-order valence-electron chi connectivity index (χ2n) is 4.34. The second-order valence-corrected chi connectivity index (χ2v) is 7.30. The average molecular weight is 245 g/mol. The lowest BCUT2D eigenvalue weighted by Gasteiger charge is -2.21. The van der Waals surface area contributed by atoms with E-state index in [4.69, 9.17) is 5.73 Å². The molecule has 1 aromatic heterocycles. The van der Waals surface area contributed by atoms with E-state index in [1.54, 1.807) is 11.3 Å². The summed E-state index contributed by atoms with van der Waals surface area (Å²) < 4.78 is 22.7. The predicted molar refractivity (Wildman–Crippen MR) is 62.8 cm³/mol. The molecule has 0 saturated carbocycles. The summed E-state index contributed by atoms with van der Waals surface area (Å²) in [5, 5.41) is 4.12. The Kier molecular flexibility index (Phi) is 2.87. The number of sulfone groups is 1. The van der Waals surface area contributed by atoms with Crippen LogP contribution < -0.4 is 5.73 Å². The maximum atomic E-state index is 11.3. The summed E-state index contributed by atoms with van der Waals surface area (Å²) >= 11 is 1.66. The van der Waals surface area contributed by atoms with Gasteiger partial charge < -0.3 is 5.73 Å². The number of nitrogens with two attached hydrogens (primary N) is 1. The molecular weight excluding hydrogens is 230 g/mol. The highest BCUT2D eigenvalue weighted by Gasteiger charge is 2.38. The fraction of sp³-hybridized carbons (Fsp3) is 0.600. The summed E-state index contributed by atoms with van der Waals surface area (Å²) in [6.45, 7) is 0. The summed E-state index contributed by atoms with van der Waals surface area (Å²) in [4.78, 5) is 0. The van der Waals surface area contributed by atoms with Gasteiger partial charge in [0.1, 0.15) is 0 Å². The number of thiophene rings is 1. The van der Waals surface area contributed by atoms with Gasteiger partial charge in [-0.2, -0.15) is 11.3 Å². The molecule has 1 aliphatic rings. The summed E-state index contributed by atoms with van der Waals surface area (Å²) in [7, 11) is -2.87. The number of hydrogen-bond acceptors (Lipinski definition) is 4. The van der Waals surface area contributed by atoms with Crippen LogP contribution >= 0.6 is 11.3 Å². The average Bonchev–Trinajstić information content (AvgIpc) is 2.71. The Morgan fingerprint density at radius 2 is 2.33 bits per heavy atom. The van der Waals surface area contributed by atoms with Crippen molar-refractivity contribution in [3.05, 3.63) is 22.4 Å². The molecule has 1 atom stereocenters. The maximum Gasteiger partial charge on any atom is 0.152 e. The molecule has 2 heterocycles. The van der Waals surface area contributed by atoms with Crippen molar-refractivity contribution in [1.82, 2.24) is 0 Å². The molecule has 1 aliphatic heterocycles. The van der Waals surface area contributed by atoms with Crippen LogP contribution in [0, 0.1) is 0 Å². The Labute approximate surface area is 94.2 Å². The highest BCUT2D eigenvalue weighted by atomic mass is 32.2. The maximum absolute atomic E-state index is 11.3. The molecule has 0 amide bonds. The van der Waals surface area contributed by atoms with Gasteiger partial charge in [-0.1, -0.05) is 0 Å². The van der Waals surface area contributed by atoms with Gasteiger partial charge in [0.05, 0.1) is 11.5 Å². The first-order chi connectivity index (χ1) is 6.99. The fourth-order valence-corrected chi connectivity index (χ4v) is 4.70. The molecule has 0 spiro atoms. The third kappa shape index (κ3) is 2.80. The van der Waals surface area contributed by atoms with Crippen LogP contribution in [0.2, 0.25) is 0 Å². The molecule has 3 nitrogen and oxygen atoms in total. The molecule has 0 radical (unpaired) electrons. The molecule has 0 aliphatic carbocycles. The van der Waals surface area contributed by atoms with E-state index in [1.165, 1.54) is 5.56 Å². The van der Waals surface area contributed by atoms with E-state index in [1.807, 2.05) is 5.38 Å². The van der Waals surface area contributed by atoms with Crippen molar-refractivity contribution in [2.75, 3.05) is 11.5 Å². The molecule has 2 rings (SSSR count). The summed E-state index contributed by atoms with van der Waals surface area (Å²) in [5.74, 6) is 0.414. The van der Waals surface area contributed by atoms with Crippen molar-refractivity contribution in [2.45, 2.75) is 24.8 Å². The van der Waals surface area contributed by atoms with Crippen molar-refractivity contribution < 1.29 is 8.42 Å². The molecule has 84 valence electrons. The normalized spacial score (nSPS) is 29.4. The highest BCUT2D eigenvalue weighted by molar-refractivity contribution is 7.91. The Morgan fingerprint density at radius 1 is 1.53 bits per heavy atom. The van der Waals surface area contributed by atoms with Crippen molar-refractivity contribution in [3.8, 4) is 0 Å². The second kappa shape index (κ2) is 3.88. The lowest BCUT2D eigenvalue weighted by molar-refractivity contribution is 0.443. The van der Waals surface area contributed by atoms with Gasteiger partial charge in [-0.15, -0.1) is 0 Å². The third-order valence-electron chi connectivity index (χ3n) is 2.91. The monoisotopic (exact) mass is 245 g/mol. The van der Waals surface area contributed by atoms with E-state index in [-0.39, 0.29) is 11.5 Å². The van der Waals surface area contributed by atoms with Crippen LogP contribution in [0.3, 0.4) is 0 Å². The molecular formula is C10H15NO2S2. The molecule has 1 saturated heterocycles. The van der Waals surface area contributed by atoms with Gasteiger partial charge in [0.2, 0.25) is 0 Å². The minimum Gasteiger partial charge on any atom is -0.324 e. The van der Waals surface area contributed by atoms with Gasteiger partial charge in [-0.05, 0) is 41.7 Å². The van der Waals surface area contributed by atoms with Crippen LogP contribution in [-0.2, 0) is 16.3 Å². The van der Waals surface area contributed by atoms with E-state index in [9.17, 15) is 8.42 Å². The number of hydrogen-bond donors (Lipinski definition) is 1. The van der Waals surface area contributed by atoms with Gasteiger partial charge in [0.25, 0.3) is 0 Å². The summed E-state index contributed by atoms with van der Waals surface area (Å²) in [6, 6.07) is 2.07. The van der Waals surface area contributed by atoms with E-state index in [0.717, 1.165) is 12.8 Å². The zero-order chi connectivity index (χ0) is 10.9. The van der Waals surface area contributed by atoms with Crippen LogP contribution in [0.5, 0.6) is 0 Å². The van der Waals surface area contributed by atoms with Gasteiger partial charge in [0.15, 0.2) is 9.84 Å². The van der Waals surface area contributed by atoms with E-state index in [0.29, 0.717) is 6.42 Å². The molecule has 1 aromatic rings. The highest BCUT2D eigenvalue weighted by Crippen LogP contribution is 2.26. The van der Waals surface area contributed by atoms with Crippen LogP contribution in [0.1, 0.15) is 18.4 Å². The quantitative estimate of drug-likeness (QED) is 0.870. The van der Waals surface area contributed by atoms with Gasteiger partial charge in [0, 0.05) is 5.54 Å². The zero-order valence-electron chi connectivity index (χ0n) is 8.48. The van der Waals surface area contributed by atoms with Gasteiger partial charge in [-0.3, -0.25) is 0 Å². The van der Waals surface area contributed by atoms with E-state index in [2.05, 4.69) is 11.4 Å². The predicted octanol–water partition coefficient (Wildman–Crippen LogP) is 1.20. The summed E-state index contributed by atoms with van der Waals surface area (Å²) in [6.07, 6.45) is 2.26. The van der Waals surface area contributed by atoms with Crippen LogP contribution in [0.4, 0.5) is 0 Å².